The van der Waals surface area contributed by atoms with Gasteiger partial charge in [0.1, 0.15) is 0 Å². The summed E-state index contributed by atoms with van der Waals surface area (Å²) in [6.07, 6.45) is 5.19. The van der Waals surface area contributed by atoms with Crippen molar-refractivity contribution in [1.29, 1.82) is 0 Å². The molecule has 0 spiro atoms. The summed E-state index contributed by atoms with van der Waals surface area (Å²) in [4.78, 5) is 15.5. The number of aromatic nitrogens is 1. The molecule has 0 radical (unpaired) electrons. The Morgan fingerprint density at radius 3 is 3.07 bits per heavy atom. The van der Waals surface area contributed by atoms with Gasteiger partial charge in [-0.1, -0.05) is 0 Å². The predicted octanol–water partition coefficient (Wildman–Crippen LogP) is 1.36. The van der Waals surface area contributed by atoms with Crippen molar-refractivity contribution in [3.05, 3.63) is 29.6 Å². The third-order valence-electron chi connectivity index (χ3n) is 2.56. The van der Waals surface area contributed by atoms with Crippen LogP contribution < -0.4 is 0 Å². The molecule has 0 aromatic carbocycles. The minimum absolute atomic E-state index is 0.00847. The summed E-state index contributed by atoms with van der Waals surface area (Å²) in [5.41, 5.74) is 2.42. The second-order valence-corrected chi connectivity index (χ2v) is 3.50. The van der Waals surface area contributed by atoms with Crippen LogP contribution in [0.5, 0.6) is 0 Å². The highest BCUT2D eigenvalue weighted by molar-refractivity contribution is 5.74. The van der Waals surface area contributed by atoms with E-state index in [0.717, 1.165) is 12.8 Å². The fourth-order valence-corrected chi connectivity index (χ4v) is 1.87. The van der Waals surface area contributed by atoms with E-state index in [1.165, 1.54) is 11.1 Å². The molecule has 0 aliphatic heterocycles. The van der Waals surface area contributed by atoms with E-state index in [1.54, 1.807) is 6.20 Å². The van der Waals surface area contributed by atoms with Gasteiger partial charge >= 0.3 is 5.97 Å². The Balaban J connectivity index is 2.08. The van der Waals surface area contributed by atoms with Crippen LogP contribution in [0.4, 0.5) is 0 Å². The molecule has 1 aromatic rings. The van der Waals surface area contributed by atoms with Gasteiger partial charge in [-0.3, -0.25) is 9.78 Å². The third kappa shape index (κ3) is 1.62. The van der Waals surface area contributed by atoms with Gasteiger partial charge in [0, 0.05) is 12.4 Å². The molecule has 1 atom stereocenters. The van der Waals surface area contributed by atoms with Crippen molar-refractivity contribution in [2.24, 2.45) is 5.92 Å². The molecular formula is C11H13NO2. The van der Waals surface area contributed by atoms with Gasteiger partial charge in [0.2, 0.25) is 0 Å². The fourth-order valence-electron chi connectivity index (χ4n) is 1.87. The summed E-state index contributed by atoms with van der Waals surface area (Å²) in [5, 5.41) is 0. The second kappa shape index (κ2) is 3.78. The molecule has 0 bridgehead atoms. The smallest absolute Gasteiger partial charge is 0.309 e. The maximum atomic E-state index is 11.5. The van der Waals surface area contributed by atoms with Gasteiger partial charge in [-0.05, 0) is 37.0 Å². The number of carbonyl (C=O) groups is 1. The van der Waals surface area contributed by atoms with E-state index < -0.39 is 0 Å². The number of ether oxygens (including phenoxy) is 1. The first-order valence-electron chi connectivity index (χ1n) is 4.89. The largest absolute Gasteiger partial charge is 0.466 e. The zero-order valence-corrected chi connectivity index (χ0v) is 8.19. The zero-order valence-electron chi connectivity index (χ0n) is 8.19. The minimum Gasteiger partial charge on any atom is -0.466 e. The second-order valence-electron chi connectivity index (χ2n) is 3.50. The summed E-state index contributed by atoms with van der Waals surface area (Å²) in [7, 11) is 0. The van der Waals surface area contributed by atoms with Crippen LogP contribution in [0.25, 0.3) is 0 Å². The van der Waals surface area contributed by atoms with E-state index >= 15 is 0 Å². The summed E-state index contributed by atoms with van der Waals surface area (Å²) < 4.78 is 5.00. The van der Waals surface area contributed by atoms with Crippen molar-refractivity contribution in [3.63, 3.8) is 0 Å². The van der Waals surface area contributed by atoms with Crippen molar-refractivity contribution < 1.29 is 9.53 Å². The number of esters is 1. The number of hydrogen-bond donors (Lipinski definition) is 0. The van der Waals surface area contributed by atoms with Crippen LogP contribution >= 0.6 is 0 Å². The first-order valence-corrected chi connectivity index (χ1v) is 4.89. The van der Waals surface area contributed by atoms with Gasteiger partial charge in [-0.25, -0.2) is 0 Å². The van der Waals surface area contributed by atoms with Crippen LogP contribution in [-0.4, -0.2) is 17.6 Å². The first kappa shape index (κ1) is 9.19. The zero-order chi connectivity index (χ0) is 9.97. The Kier molecular flexibility index (Phi) is 2.48. The van der Waals surface area contributed by atoms with E-state index in [2.05, 4.69) is 4.98 Å². The van der Waals surface area contributed by atoms with Crippen LogP contribution in [-0.2, 0) is 22.4 Å². The molecule has 1 aliphatic rings. The van der Waals surface area contributed by atoms with Gasteiger partial charge < -0.3 is 4.74 Å². The molecule has 0 fully saturated rings. The lowest BCUT2D eigenvalue weighted by Crippen LogP contribution is -2.17. The Morgan fingerprint density at radius 2 is 2.36 bits per heavy atom. The summed E-state index contributed by atoms with van der Waals surface area (Å²) in [5.74, 6) is -0.0714. The molecule has 14 heavy (non-hydrogen) atoms. The van der Waals surface area contributed by atoms with Crippen LogP contribution in [0, 0.1) is 5.92 Å². The van der Waals surface area contributed by atoms with E-state index in [0.29, 0.717) is 6.61 Å². The number of pyridine rings is 1. The topological polar surface area (TPSA) is 39.2 Å². The van der Waals surface area contributed by atoms with Crippen molar-refractivity contribution in [2.45, 2.75) is 19.8 Å². The van der Waals surface area contributed by atoms with Gasteiger partial charge in [0.15, 0.2) is 0 Å². The molecule has 74 valence electrons. The molecule has 0 N–H and O–H groups in total. The molecule has 3 nitrogen and oxygen atoms in total. The lowest BCUT2D eigenvalue weighted by atomic mass is 10.1. The van der Waals surface area contributed by atoms with Crippen LogP contribution in [0.3, 0.4) is 0 Å². The molecule has 0 amide bonds. The molecule has 1 aliphatic carbocycles. The first-order chi connectivity index (χ1) is 6.81. The number of hydrogen-bond acceptors (Lipinski definition) is 3. The number of rotatable bonds is 2. The molecule has 3 heteroatoms. The fraction of sp³-hybridized carbons (Fsp3) is 0.455. The minimum atomic E-state index is -0.0799. The van der Waals surface area contributed by atoms with Crippen molar-refractivity contribution in [1.82, 2.24) is 4.98 Å². The standard InChI is InChI=1S/C11H13NO2/c1-2-14-11(13)9-5-8-3-4-12-7-10(8)6-9/h3-4,7,9H,2,5-6H2,1H3/t9-/m0/s1. The molecule has 0 saturated heterocycles. The van der Waals surface area contributed by atoms with Crippen LogP contribution in [0.2, 0.25) is 0 Å². The monoisotopic (exact) mass is 191 g/mol. The van der Waals surface area contributed by atoms with Gasteiger partial charge in [-0.2, -0.15) is 0 Å². The summed E-state index contributed by atoms with van der Waals surface area (Å²) >= 11 is 0. The van der Waals surface area contributed by atoms with Crippen molar-refractivity contribution >= 4 is 5.97 Å². The molecule has 0 saturated carbocycles. The SMILES string of the molecule is CCOC(=O)[C@H]1Cc2ccncc2C1. The quantitative estimate of drug-likeness (QED) is 0.662. The molecular weight excluding hydrogens is 178 g/mol. The molecule has 2 rings (SSSR count). The van der Waals surface area contributed by atoms with Crippen LogP contribution in [0.1, 0.15) is 18.1 Å². The highest BCUT2D eigenvalue weighted by Crippen LogP contribution is 2.26. The average molecular weight is 191 g/mol. The molecule has 0 unspecified atom stereocenters. The Hall–Kier alpha value is -1.38. The Bertz CT molecular complexity index is 324. The third-order valence-corrected chi connectivity index (χ3v) is 2.56. The highest BCUT2D eigenvalue weighted by atomic mass is 16.5. The highest BCUT2D eigenvalue weighted by Gasteiger charge is 2.28. The normalized spacial score (nSPS) is 19.1. The van der Waals surface area contributed by atoms with Crippen molar-refractivity contribution in [2.75, 3.05) is 6.61 Å². The van der Waals surface area contributed by atoms with E-state index in [9.17, 15) is 4.79 Å². The number of carbonyl (C=O) groups excluding carboxylic acids is 1. The van der Waals surface area contributed by atoms with Crippen molar-refractivity contribution in [3.8, 4) is 0 Å². The number of nitrogens with zero attached hydrogens (tertiary/aromatic N) is 1. The molecule has 1 aromatic heterocycles. The van der Waals surface area contributed by atoms with Gasteiger partial charge in [-0.15, -0.1) is 0 Å². The maximum absolute atomic E-state index is 11.5. The van der Waals surface area contributed by atoms with Gasteiger partial charge in [0.25, 0.3) is 0 Å². The average Bonchev–Trinajstić information content (AvgIpc) is 2.61. The molecule has 1 heterocycles. The Labute approximate surface area is 83.1 Å². The van der Waals surface area contributed by atoms with E-state index in [-0.39, 0.29) is 11.9 Å². The van der Waals surface area contributed by atoms with E-state index in [4.69, 9.17) is 4.74 Å². The van der Waals surface area contributed by atoms with Crippen LogP contribution in [0.15, 0.2) is 18.5 Å². The predicted molar refractivity (Wildman–Crippen MR) is 51.8 cm³/mol. The summed E-state index contributed by atoms with van der Waals surface area (Å²) in [6.45, 7) is 2.30. The number of fused-ring (bicyclic) bond motifs is 1. The maximum Gasteiger partial charge on any atom is 0.309 e. The van der Waals surface area contributed by atoms with Gasteiger partial charge in [0.05, 0.1) is 12.5 Å². The van der Waals surface area contributed by atoms with E-state index in [1.807, 2.05) is 19.2 Å². The summed E-state index contributed by atoms with van der Waals surface area (Å²) in [6, 6.07) is 1.98. The lowest BCUT2D eigenvalue weighted by Gasteiger charge is -2.06. The lowest BCUT2D eigenvalue weighted by molar-refractivity contribution is -0.147. The Morgan fingerprint density at radius 1 is 1.57 bits per heavy atom.